The van der Waals surface area contributed by atoms with E-state index in [9.17, 15) is 9.59 Å². The maximum atomic E-state index is 13.8. The van der Waals surface area contributed by atoms with Gasteiger partial charge in [0, 0.05) is 25.6 Å². The first-order valence-electron chi connectivity index (χ1n) is 13.6. The standard InChI is InChI=1S/C29H40N2O6/c1-4-6-8-23(5-2)29(33)31(17-24-9-7-14-34-24)19-28(32)30(18-25-12-10-21(3)37-25)16-22-11-13-26-27(15-22)36-20-35-26/h10-13,15,23-24H,4-9,14,16-20H2,1-3H3/t23-,24-/m1/s1. The lowest BCUT2D eigenvalue weighted by atomic mass is 9.97. The zero-order valence-electron chi connectivity index (χ0n) is 22.4. The van der Waals surface area contributed by atoms with Crippen LogP contribution < -0.4 is 9.47 Å². The second-order valence-corrected chi connectivity index (χ2v) is 10.1. The van der Waals surface area contributed by atoms with Crippen LogP contribution in [0, 0.1) is 12.8 Å². The minimum absolute atomic E-state index is 0.0181. The summed E-state index contributed by atoms with van der Waals surface area (Å²) < 4.78 is 22.6. The molecule has 2 aliphatic rings. The molecule has 0 radical (unpaired) electrons. The van der Waals surface area contributed by atoms with Gasteiger partial charge >= 0.3 is 0 Å². The average Bonchev–Trinajstić information content (AvgIpc) is 3.66. The molecule has 0 aliphatic carbocycles. The second kappa shape index (κ2) is 13.0. The van der Waals surface area contributed by atoms with Gasteiger partial charge in [0.25, 0.3) is 0 Å². The predicted octanol–water partition coefficient (Wildman–Crippen LogP) is 5.07. The van der Waals surface area contributed by atoms with Crippen LogP contribution in [0.15, 0.2) is 34.7 Å². The number of benzene rings is 1. The Morgan fingerprint density at radius 3 is 2.59 bits per heavy atom. The number of furan rings is 1. The van der Waals surface area contributed by atoms with E-state index in [1.54, 1.807) is 9.80 Å². The summed E-state index contributed by atoms with van der Waals surface area (Å²) in [6.07, 6.45) is 5.53. The molecular weight excluding hydrogens is 472 g/mol. The van der Waals surface area contributed by atoms with Crippen LogP contribution in [0.5, 0.6) is 11.5 Å². The van der Waals surface area contributed by atoms with Gasteiger partial charge in [0.2, 0.25) is 18.6 Å². The third-order valence-corrected chi connectivity index (χ3v) is 7.14. The highest BCUT2D eigenvalue weighted by Crippen LogP contribution is 2.33. The molecule has 8 heteroatoms. The Kier molecular flexibility index (Phi) is 9.50. The Morgan fingerprint density at radius 1 is 1.05 bits per heavy atom. The molecule has 0 unspecified atom stereocenters. The summed E-state index contributed by atoms with van der Waals surface area (Å²) in [4.78, 5) is 30.9. The van der Waals surface area contributed by atoms with Gasteiger partial charge in [-0.1, -0.05) is 32.8 Å². The molecule has 2 atom stereocenters. The van der Waals surface area contributed by atoms with Gasteiger partial charge in [-0.05, 0) is 62.4 Å². The monoisotopic (exact) mass is 512 g/mol. The summed E-state index contributed by atoms with van der Waals surface area (Å²) in [6.45, 7) is 8.13. The number of hydrogen-bond acceptors (Lipinski definition) is 6. The molecule has 1 aromatic heterocycles. The first-order valence-corrected chi connectivity index (χ1v) is 13.6. The van der Waals surface area contributed by atoms with Crippen molar-refractivity contribution in [1.82, 2.24) is 9.80 Å². The van der Waals surface area contributed by atoms with E-state index in [-0.39, 0.29) is 37.2 Å². The van der Waals surface area contributed by atoms with Crippen molar-refractivity contribution in [2.45, 2.75) is 78.5 Å². The number of rotatable bonds is 13. The molecule has 37 heavy (non-hydrogen) atoms. The molecule has 0 saturated carbocycles. The SMILES string of the molecule is CCCC[C@@H](CC)C(=O)N(CC(=O)N(Cc1ccc2c(c1)OCO2)Cc1ccc(C)o1)C[C@H]1CCCO1. The predicted molar refractivity (Wildman–Crippen MR) is 139 cm³/mol. The number of nitrogens with zero attached hydrogens (tertiary/aromatic N) is 2. The molecular formula is C29H40N2O6. The van der Waals surface area contributed by atoms with Crippen LogP contribution in [0.1, 0.15) is 69.5 Å². The molecule has 2 amide bonds. The molecule has 2 aromatic rings. The fraction of sp³-hybridized carbons (Fsp3) is 0.586. The molecule has 1 saturated heterocycles. The van der Waals surface area contributed by atoms with Crippen molar-refractivity contribution in [2.75, 3.05) is 26.5 Å². The summed E-state index contributed by atoms with van der Waals surface area (Å²) in [7, 11) is 0. The summed E-state index contributed by atoms with van der Waals surface area (Å²) >= 11 is 0. The molecule has 8 nitrogen and oxygen atoms in total. The topological polar surface area (TPSA) is 81.5 Å². The number of carbonyl (C=O) groups is 2. The van der Waals surface area contributed by atoms with Gasteiger partial charge in [-0.15, -0.1) is 0 Å². The molecule has 1 fully saturated rings. The van der Waals surface area contributed by atoms with Crippen molar-refractivity contribution in [1.29, 1.82) is 0 Å². The maximum absolute atomic E-state index is 13.8. The van der Waals surface area contributed by atoms with Crippen LogP contribution in [-0.2, 0) is 27.4 Å². The molecule has 3 heterocycles. The van der Waals surface area contributed by atoms with Crippen molar-refractivity contribution in [3.05, 3.63) is 47.4 Å². The van der Waals surface area contributed by atoms with Crippen LogP contribution in [0.25, 0.3) is 0 Å². The highest BCUT2D eigenvalue weighted by Gasteiger charge is 2.30. The zero-order chi connectivity index (χ0) is 26.2. The van der Waals surface area contributed by atoms with Gasteiger partial charge < -0.3 is 28.4 Å². The number of carbonyl (C=O) groups excluding carboxylic acids is 2. The third kappa shape index (κ3) is 7.28. The highest BCUT2D eigenvalue weighted by atomic mass is 16.7. The van der Waals surface area contributed by atoms with E-state index in [1.165, 1.54) is 0 Å². The van der Waals surface area contributed by atoms with Gasteiger partial charge in [0.1, 0.15) is 11.5 Å². The fourth-order valence-corrected chi connectivity index (χ4v) is 4.99. The lowest BCUT2D eigenvalue weighted by Gasteiger charge is -2.31. The normalized spacial score (nSPS) is 17.1. The van der Waals surface area contributed by atoms with Crippen LogP contribution in [0.4, 0.5) is 0 Å². The molecule has 0 N–H and O–H groups in total. The van der Waals surface area contributed by atoms with Gasteiger partial charge in [0.15, 0.2) is 11.5 Å². The first kappa shape index (κ1) is 27.0. The number of ether oxygens (including phenoxy) is 3. The van der Waals surface area contributed by atoms with Crippen LogP contribution >= 0.6 is 0 Å². The zero-order valence-corrected chi connectivity index (χ0v) is 22.4. The van der Waals surface area contributed by atoms with E-state index in [0.717, 1.165) is 49.8 Å². The van der Waals surface area contributed by atoms with Crippen molar-refractivity contribution in [3.8, 4) is 11.5 Å². The summed E-state index contributed by atoms with van der Waals surface area (Å²) in [6, 6.07) is 9.50. The van der Waals surface area contributed by atoms with Crippen molar-refractivity contribution < 1.29 is 28.2 Å². The van der Waals surface area contributed by atoms with Crippen LogP contribution in [-0.4, -0.2) is 54.2 Å². The average molecular weight is 513 g/mol. The minimum atomic E-state index is -0.122. The number of amides is 2. The van der Waals surface area contributed by atoms with Gasteiger partial charge in [-0.2, -0.15) is 0 Å². The van der Waals surface area contributed by atoms with Gasteiger partial charge in [-0.3, -0.25) is 9.59 Å². The first-order chi connectivity index (χ1) is 18.0. The number of fused-ring (bicyclic) bond motifs is 1. The molecule has 0 spiro atoms. The number of hydrogen-bond donors (Lipinski definition) is 0. The molecule has 4 rings (SSSR count). The Morgan fingerprint density at radius 2 is 1.89 bits per heavy atom. The number of unbranched alkanes of at least 4 members (excludes halogenated alkanes) is 1. The van der Waals surface area contributed by atoms with E-state index in [0.29, 0.717) is 43.5 Å². The molecule has 202 valence electrons. The Bertz CT molecular complexity index is 1040. The molecule has 1 aromatic carbocycles. The second-order valence-electron chi connectivity index (χ2n) is 10.1. The largest absolute Gasteiger partial charge is 0.464 e. The van der Waals surface area contributed by atoms with E-state index >= 15 is 0 Å². The van der Waals surface area contributed by atoms with Crippen LogP contribution in [0.3, 0.4) is 0 Å². The smallest absolute Gasteiger partial charge is 0.242 e. The lowest BCUT2D eigenvalue weighted by Crippen LogP contribution is -2.47. The lowest BCUT2D eigenvalue weighted by molar-refractivity contribution is -0.145. The van der Waals surface area contributed by atoms with Gasteiger partial charge in [-0.25, -0.2) is 0 Å². The third-order valence-electron chi connectivity index (χ3n) is 7.14. The maximum Gasteiger partial charge on any atom is 0.242 e. The quantitative estimate of drug-likeness (QED) is 0.373. The fourth-order valence-electron chi connectivity index (χ4n) is 4.99. The Labute approximate surface area is 219 Å². The summed E-state index contributed by atoms with van der Waals surface area (Å²) in [5, 5.41) is 0. The van der Waals surface area contributed by atoms with Crippen LogP contribution in [0.2, 0.25) is 0 Å². The minimum Gasteiger partial charge on any atom is -0.464 e. The van der Waals surface area contributed by atoms with E-state index in [4.69, 9.17) is 18.6 Å². The van der Waals surface area contributed by atoms with Gasteiger partial charge in [0.05, 0.1) is 19.2 Å². The number of aryl methyl sites for hydroxylation is 1. The summed E-state index contributed by atoms with van der Waals surface area (Å²) in [5.41, 5.74) is 0.923. The van der Waals surface area contributed by atoms with Crippen molar-refractivity contribution >= 4 is 11.8 Å². The Balaban J connectivity index is 1.53. The van der Waals surface area contributed by atoms with E-state index < -0.39 is 0 Å². The highest BCUT2D eigenvalue weighted by molar-refractivity contribution is 5.86. The van der Waals surface area contributed by atoms with E-state index in [2.05, 4.69) is 13.8 Å². The molecule has 2 aliphatic heterocycles. The Hall–Kier alpha value is -3.00. The van der Waals surface area contributed by atoms with Crippen molar-refractivity contribution in [2.24, 2.45) is 5.92 Å². The van der Waals surface area contributed by atoms with E-state index in [1.807, 2.05) is 37.3 Å². The summed E-state index contributed by atoms with van der Waals surface area (Å²) in [5.74, 6) is 2.73. The molecule has 0 bridgehead atoms. The van der Waals surface area contributed by atoms with Crippen molar-refractivity contribution in [3.63, 3.8) is 0 Å².